The van der Waals surface area contributed by atoms with Gasteiger partial charge in [-0.2, -0.15) is 11.8 Å². The smallest absolute Gasteiger partial charge is 0.154 e. The summed E-state index contributed by atoms with van der Waals surface area (Å²) in [5.74, 6) is 4.24. The van der Waals surface area contributed by atoms with Gasteiger partial charge in [-0.05, 0) is 13.3 Å². The third-order valence-corrected chi connectivity index (χ3v) is 7.52. The molecule has 0 spiro atoms. The van der Waals surface area contributed by atoms with Crippen LogP contribution >= 0.6 is 11.8 Å². The lowest BCUT2D eigenvalue weighted by atomic mass is 10.3. The van der Waals surface area contributed by atoms with Crippen molar-refractivity contribution in [1.29, 1.82) is 0 Å². The maximum atomic E-state index is 12.0. The van der Waals surface area contributed by atoms with Gasteiger partial charge in [-0.25, -0.2) is 18.4 Å². The average molecular weight is 342 g/mol. The number of sulfone groups is 1. The predicted molar refractivity (Wildman–Crippen MR) is 91.6 cm³/mol. The van der Waals surface area contributed by atoms with Crippen LogP contribution in [0.2, 0.25) is 0 Å². The van der Waals surface area contributed by atoms with Crippen LogP contribution in [0.15, 0.2) is 12.4 Å². The Morgan fingerprint density at radius 2 is 1.73 bits per heavy atom. The van der Waals surface area contributed by atoms with Gasteiger partial charge in [0.05, 0.1) is 11.0 Å². The minimum Gasteiger partial charge on any atom is -0.355 e. The molecule has 0 saturated carbocycles. The molecule has 2 fully saturated rings. The van der Waals surface area contributed by atoms with Crippen LogP contribution in [0.4, 0.5) is 11.6 Å². The normalized spacial score (nSPS) is 25.8. The molecule has 0 bridgehead atoms. The Labute approximate surface area is 136 Å². The summed E-state index contributed by atoms with van der Waals surface area (Å²) in [6, 6.07) is 2.00. The average Bonchev–Trinajstić information content (AvgIpc) is 2.68. The molecule has 3 rings (SSSR count). The van der Waals surface area contributed by atoms with Gasteiger partial charge in [0, 0.05) is 43.8 Å². The first-order valence-corrected chi connectivity index (χ1v) is 10.5. The zero-order valence-corrected chi connectivity index (χ0v) is 14.4. The lowest BCUT2D eigenvalue weighted by Gasteiger charge is -2.28. The monoisotopic (exact) mass is 342 g/mol. The summed E-state index contributed by atoms with van der Waals surface area (Å²) in [5, 5.41) is -0.266. The van der Waals surface area contributed by atoms with E-state index in [1.165, 1.54) is 0 Å². The van der Waals surface area contributed by atoms with Crippen molar-refractivity contribution in [2.24, 2.45) is 0 Å². The van der Waals surface area contributed by atoms with Crippen molar-refractivity contribution < 1.29 is 8.42 Å². The van der Waals surface area contributed by atoms with E-state index in [9.17, 15) is 8.42 Å². The molecule has 0 aliphatic carbocycles. The third kappa shape index (κ3) is 3.48. The summed E-state index contributed by atoms with van der Waals surface area (Å²) in [4.78, 5) is 13.1. The van der Waals surface area contributed by atoms with Gasteiger partial charge in [0.15, 0.2) is 9.84 Å². The maximum absolute atomic E-state index is 12.0. The van der Waals surface area contributed by atoms with E-state index in [0.29, 0.717) is 13.0 Å². The summed E-state index contributed by atoms with van der Waals surface area (Å²) < 4.78 is 24.0. The van der Waals surface area contributed by atoms with E-state index < -0.39 is 9.84 Å². The Bertz CT molecular complexity index is 617. The molecular formula is C14H22N4O2S2. The van der Waals surface area contributed by atoms with Crippen molar-refractivity contribution in [2.45, 2.75) is 18.6 Å². The Hall–Kier alpha value is -1.02. The summed E-state index contributed by atoms with van der Waals surface area (Å²) in [6.45, 7) is 5.06. The van der Waals surface area contributed by atoms with E-state index in [2.05, 4.69) is 19.8 Å². The fourth-order valence-corrected chi connectivity index (χ4v) is 5.02. The Balaban J connectivity index is 1.77. The molecule has 122 valence electrons. The molecule has 6 nitrogen and oxygen atoms in total. The second-order valence-electron chi connectivity index (χ2n) is 5.79. The SMILES string of the molecule is CC1CCN(c2cc(N3CCSCC3)ncn2)CCS1(=O)=O. The highest BCUT2D eigenvalue weighted by Gasteiger charge is 2.27. The van der Waals surface area contributed by atoms with Crippen LogP contribution in [0.1, 0.15) is 13.3 Å². The Kier molecular flexibility index (Phi) is 4.77. The number of anilines is 2. The first-order valence-electron chi connectivity index (χ1n) is 7.67. The predicted octanol–water partition coefficient (Wildman–Crippen LogP) is 1.04. The van der Waals surface area contributed by atoms with Gasteiger partial charge < -0.3 is 9.80 Å². The third-order valence-electron chi connectivity index (χ3n) is 4.36. The van der Waals surface area contributed by atoms with Crippen molar-refractivity contribution >= 4 is 33.2 Å². The van der Waals surface area contributed by atoms with Crippen LogP contribution in [0, 0.1) is 0 Å². The quantitative estimate of drug-likeness (QED) is 0.795. The standard InChI is InChI=1S/C14H22N4O2S2/c1-12-2-3-17(6-9-22(12,19)20)13-10-14(16-11-15-13)18-4-7-21-8-5-18/h10-12H,2-9H2,1H3. The molecule has 0 radical (unpaired) electrons. The fourth-order valence-electron chi connectivity index (χ4n) is 2.77. The number of aromatic nitrogens is 2. The minimum absolute atomic E-state index is 0.202. The number of thioether (sulfide) groups is 1. The molecular weight excluding hydrogens is 320 g/mol. The van der Waals surface area contributed by atoms with E-state index in [1.54, 1.807) is 13.3 Å². The highest BCUT2D eigenvalue weighted by Crippen LogP contribution is 2.23. The van der Waals surface area contributed by atoms with Crippen molar-refractivity contribution in [3.05, 3.63) is 12.4 Å². The van der Waals surface area contributed by atoms with Gasteiger partial charge in [0.2, 0.25) is 0 Å². The van der Waals surface area contributed by atoms with Crippen LogP contribution in [0.5, 0.6) is 0 Å². The molecule has 1 unspecified atom stereocenters. The van der Waals surface area contributed by atoms with E-state index in [1.807, 2.05) is 17.8 Å². The van der Waals surface area contributed by atoms with Crippen LogP contribution in [0.3, 0.4) is 0 Å². The molecule has 1 atom stereocenters. The Morgan fingerprint density at radius 1 is 1.09 bits per heavy atom. The Morgan fingerprint density at radius 3 is 2.41 bits per heavy atom. The minimum atomic E-state index is -2.97. The number of hydrogen-bond donors (Lipinski definition) is 0. The van der Waals surface area contributed by atoms with Gasteiger partial charge in [-0.3, -0.25) is 0 Å². The lowest BCUT2D eigenvalue weighted by Crippen LogP contribution is -2.34. The lowest BCUT2D eigenvalue weighted by molar-refractivity contribution is 0.584. The van der Waals surface area contributed by atoms with E-state index in [0.717, 1.165) is 42.8 Å². The fraction of sp³-hybridized carbons (Fsp3) is 0.714. The zero-order chi connectivity index (χ0) is 15.6. The maximum Gasteiger partial charge on any atom is 0.154 e. The van der Waals surface area contributed by atoms with Gasteiger partial charge >= 0.3 is 0 Å². The van der Waals surface area contributed by atoms with Gasteiger partial charge in [-0.1, -0.05) is 0 Å². The van der Waals surface area contributed by atoms with E-state index in [4.69, 9.17) is 0 Å². The molecule has 8 heteroatoms. The number of hydrogen-bond acceptors (Lipinski definition) is 7. The number of rotatable bonds is 2. The molecule has 1 aromatic rings. The van der Waals surface area contributed by atoms with Gasteiger partial charge in [0.1, 0.15) is 18.0 Å². The summed E-state index contributed by atoms with van der Waals surface area (Å²) in [5.41, 5.74) is 0. The van der Waals surface area contributed by atoms with Crippen molar-refractivity contribution in [2.75, 3.05) is 53.2 Å². The topological polar surface area (TPSA) is 66.4 Å². The molecule has 3 heterocycles. The second kappa shape index (κ2) is 6.62. The van der Waals surface area contributed by atoms with Crippen LogP contribution in [0.25, 0.3) is 0 Å². The summed E-state index contributed by atoms with van der Waals surface area (Å²) in [6.07, 6.45) is 2.25. The molecule has 0 N–H and O–H groups in total. The molecule has 1 aromatic heterocycles. The van der Waals surface area contributed by atoms with Gasteiger partial charge in [0.25, 0.3) is 0 Å². The summed E-state index contributed by atoms with van der Waals surface area (Å²) in [7, 11) is -2.97. The first-order chi connectivity index (χ1) is 10.6. The second-order valence-corrected chi connectivity index (χ2v) is 9.55. The molecule has 2 aliphatic heterocycles. The summed E-state index contributed by atoms with van der Waals surface area (Å²) >= 11 is 1.97. The van der Waals surface area contributed by atoms with Crippen molar-refractivity contribution in [3.63, 3.8) is 0 Å². The van der Waals surface area contributed by atoms with Crippen LogP contribution in [-0.2, 0) is 9.84 Å². The molecule has 2 saturated heterocycles. The van der Waals surface area contributed by atoms with Crippen molar-refractivity contribution in [1.82, 2.24) is 9.97 Å². The number of nitrogens with zero attached hydrogens (tertiary/aromatic N) is 4. The van der Waals surface area contributed by atoms with Crippen LogP contribution < -0.4 is 9.80 Å². The molecule has 0 aromatic carbocycles. The highest BCUT2D eigenvalue weighted by molar-refractivity contribution is 7.99. The van der Waals surface area contributed by atoms with Crippen molar-refractivity contribution in [3.8, 4) is 0 Å². The molecule has 22 heavy (non-hydrogen) atoms. The van der Waals surface area contributed by atoms with Crippen LogP contribution in [-0.4, -0.2) is 67.1 Å². The van der Waals surface area contributed by atoms with E-state index in [-0.39, 0.29) is 11.0 Å². The zero-order valence-electron chi connectivity index (χ0n) is 12.8. The largest absolute Gasteiger partial charge is 0.355 e. The van der Waals surface area contributed by atoms with E-state index >= 15 is 0 Å². The van der Waals surface area contributed by atoms with Gasteiger partial charge in [-0.15, -0.1) is 0 Å². The first kappa shape index (κ1) is 15.9. The molecule has 2 aliphatic rings. The highest BCUT2D eigenvalue weighted by atomic mass is 32.2. The molecule has 0 amide bonds.